The van der Waals surface area contributed by atoms with Crippen molar-refractivity contribution in [2.45, 2.75) is 38.5 Å². The first-order chi connectivity index (χ1) is 15.8. The van der Waals surface area contributed by atoms with E-state index >= 15 is 0 Å². The largest absolute Gasteiger partial charge is 0.493 e. The number of hydrogen-bond donors (Lipinski definition) is 1. The molecule has 2 heterocycles. The molecular formula is C25H25NO6S. The Morgan fingerprint density at radius 1 is 1.12 bits per heavy atom. The van der Waals surface area contributed by atoms with E-state index in [1.807, 2.05) is 18.4 Å². The van der Waals surface area contributed by atoms with E-state index in [2.05, 4.69) is 11.4 Å². The summed E-state index contributed by atoms with van der Waals surface area (Å²) < 4.78 is 15.7. The van der Waals surface area contributed by atoms with Crippen LogP contribution in [0.15, 0.2) is 58.3 Å². The standard InChI is InChI=1S/C25H25NO6S/c1-13-22(25(29)31-4)23(15-7-8-19(32-14(2)27)20(12-15)30-3)24-17(26-13)10-16(11-18(24)28)21-6-5-9-33-21/h5-9,12,16,23,26H,10-11H2,1-4H3. The number of methoxy groups -OCH3 is 2. The Hall–Kier alpha value is -3.39. The fraction of sp³-hybridized carbons (Fsp3) is 0.320. The van der Waals surface area contributed by atoms with Gasteiger partial charge in [0.15, 0.2) is 17.3 Å². The zero-order chi connectivity index (χ0) is 23.7. The number of thiophene rings is 1. The number of hydrogen-bond acceptors (Lipinski definition) is 8. The number of benzene rings is 1. The van der Waals surface area contributed by atoms with Crippen LogP contribution in [0.4, 0.5) is 0 Å². The first kappa shape index (κ1) is 22.8. The van der Waals surface area contributed by atoms with Gasteiger partial charge in [-0.2, -0.15) is 0 Å². The van der Waals surface area contributed by atoms with Gasteiger partial charge in [-0.1, -0.05) is 12.1 Å². The second kappa shape index (κ2) is 9.23. The number of carbonyl (C=O) groups is 3. The zero-order valence-corrected chi connectivity index (χ0v) is 19.7. The van der Waals surface area contributed by atoms with Gasteiger partial charge in [0.2, 0.25) is 0 Å². The molecule has 4 rings (SSSR count). The molecule has 1 aromatic heterocycles. The molecule has 7 nitrogen and oxygen atoms in total. The van der Waals surface area contributed by atoms with Crippen molar-refractivity contribution < 1.29 is 28.6 Å². The van der Waals surface area contributed by atoms with Gasteiger partial charge in [-0.25, -0.2) is 4.79 Å². The predicted octanol–water partition coefficient (Wildman–Crippen LogP) is 4.22. The number of esters is 2. The van der Waals surface area contributed by atoms with Gasteiger partial charge < -0.3 is 19.5 Å². The van der Waals surface area contributed by atoms with Crippen LogP contribution in [0.3, 0.4) is 0 Å². The lowest BCUT2D eigenvalue weighted by atomic mass is 9.72. The van der Waals surface area contributed by atoms with Crippen molar-refractivity contribution in [2.24, 2.45) is 0 Å². The van der Waals surface area contributed by atoms with Crippen LogP contribution in [0.1, 0.15) is 49.0 Å². The second-order valence-electron chi connectivity index (χ2n) is 8.03. The molecule has 1 aliphatic carbocycles. The number of nitrogens with one attached hydrogen (secondary N) is 1. The van der Waals surface area contributed by atoms with Crippen molar-refractivity contribution in [1.29, 1.82) is 0 Å². The number of ether oxygens (including phenoxy) is 3. The molecular weight excluding hydrogens is 442 g/mol. The highest BCUT2D eigenvalue weighted by Gasteiger charge is 2.41. The molecule has 2 aliphatic rings. The number of carbonyl (C=O) groups excluding carboxylic acids is 3. The molecule has 172 valence electrons. The number of ketones is 1. The van der Waals surface area contributed by atoms with Gasteiger partial charge in [0.1, 0.15) is 0 Å². The van der Waals surface area contributed by atoms with Crippen molar-refractivity contribution in [2.75, 3.05) is 14.2 Å². The second-order valence-corrected chi connectivity index (χ2v) is 9.01. The molecule has 1 aromatic carbocycles. The highest BCUT2D eigenvalue weighted by molar-refractivity contribution is 7.10. The van der Waals surface area contributed by atoms with Crippen LogP contribution in [-0.2, 0) is 19.1 Å². The van der Waals surface area contributed by atoms with Crippen molar-refractivity contribution in [1.82, 2.24) is 5.32 Å². The zero-order valence-electron chi connectivity index (χ0n) is 18.9. The Morgan fingerprint density at radius 3 is 2.55 bits per heavy atom. The maximum Gasteiger partial charge on any atom is 0.336 e. The Morgan fingerprint density at radius 2 is 1.91 bits per heavy atom. The molecule has 1 aliphatic heterocycles. The van der Waals surface area contributed by atoms with Crippen LogP contribution in [0, 0.1) is 0 Å². The summed E-state index contributed by atoms with van der Waals surface area (Å²) in [6.07, 6.45) is 1.04. The lowest BCUT2D eigenvalue weighted by Crippen LogP contribution is -2.35. The van der Waals surface area contributed by atoms with Crippen LogP contribution < -0.4 is 14.8 Å². The van der Waals surface area contributed by atoms with E-state index < -0.39 is 17.9 Å². The average molecular weight is 468 g/mol. The van der Waals surface area contributed by atoms with E-state index in [0.717, 1.165) is 5.70 Å². The number of dihydropyridines is 1. The van der Waals surface area contributed by atoms with E-state index in [1.54, 1.807) is 29.5 Å². The van der Waals surface area contributed by atoms with Gasteiger partial charge in [0.05, 0.1) is 19.8 Å². The quantitative estimate of drug-likeness (QED) is 0.520. The van der Waals surface area contributed by atoms with E-state index in [0.29, 0.717) is 41.0 Å². The van der Waals surface area contributed by atoms with Crippen LogP contribution in [-0.4, -0.2) is 31.9 Å². The maximum atomic E-state index is 13.5. The monoisotopic (exact) mass is 467 g/mol. The molecule has 0 saturated heterocycles. The molecule has 33 heavy (non-hydrogen) atoms. The molecule has 2 aromatic rings. The summed E-state index contributed by atoms with van der Waals surface area (Å²) in [5.74, 6) is -0.906. The summed E-state index contributed by atoms with van der Waals surface area (Å²) in [4.78, 5) is 38.9. The van der Waals surface area contributed by atoms with Crippen molar-refractivity contribution in [3.05, 3.63) is 68.7 Å². The summed E-state index contributed by atoms with van der Waals surface area (Å²) >= 11 is 1.64. The van der Waals surface area contributed by atoms with E-state index in [1.165, 1.54) is 26.0 Å². The Kier molecular flexibility index (Phi) is 6.37. The number of allylic oxidation sites excluding steroid dienone is 3. The molecule has 0 fully saturated rings. The van der Waals surface area contributed by atoms with Gasteiger partial charge in [-0.05, 0) is 42.5 Å². The third-order valence-corrected chi connectivity index (χ3v) is 6.99. The number of rotatable bonds is 5. The minimum Gasteiger partial charge on any atom is -0.493 e. The van der Waals surface area contributed by atoms with E-state index in [4.69, 9.17) is 14.2 Å². The van der Waals surface area contributed by atoms with Gasteiger partial charge in [0, 0.05) is 47.0 Å². The normalized spacial score (nSPS) is 20.2. The van der Waals surface area contributed by atoms with E-state index in [9.17, 15) is 14.4 Å². The third kappa shape index (κ3) is 4.30. The SMILES string of the molecule is COC(=O)C1=C(C)NC2=C(C(=O)CC(c3cccs3)C2)C1c1ccc(OC(C)=O)c(OC)c1. The topological polar surface area (TPSA) is 90.9 Å². The minimum absolute atomic E-state index is 0.0101. The summed E-state index contributed by atoms with van der Waals surface area (Å²) in [7, 11) is 2.79. The molecule has 0 amide bonds. The summed E-state index contributed by atoms with van der Waals surface area (Å²) in [5.41, 5.74) is 3.09. The van der Waals surface area contributed by atoms with Crippen molar-refractivity contribution in [3.8, 4) is 11.5 Å². The molecule has 2 unspecified atom stereocenters. The molecule has 0 saturated carbocycles. The van der Waals surface area contributed by atoms with Crippen LogP contribution in [0.2, 0.25) is 0 Å². The summed E-state index contributed by atoms with van der Waals surface area (Å²) in [5, 5.41) is 5.33. The van der Waals surface area contributed by atoms with E-state index in [-0.39, 0.29) is 17.5 Å². The van der Waals surface area contributed by atoms with Crippen molar-refractivity contribution >= 4 is 29.1 Å². The summed E-state index contributed by atoms with van der Waals surface area (Å²) in [6.45, 7) is 3.12. The van der Waals surface area contributed by atoms with Crippen LogP contribution in [0.5, 0.6) is 11.5 Å². The molecule has 0 bridgehead atoms. The fourth-order valence-electron chi connectivity index (χ4n) is 4.58. The van der Waals surface area contributed by atoms with Gasteiger partial charge in [-0.15, -0.1) is 11.3 Å². The summed E-state index contributed by atoms with van der Waals surface area (Å²) in [6, 6.07) is 9.10. The Labute approximate surface area is 196 Å². The Balaban J connectivity index is 1.83. The highest BCUT2D eigenvalue weighted by atomic mass is 32.1. The average Bonchev–Trinajstić information content (AvgIpc) is 3.32. The highest BCUT2D eigenvalue weighted by Crippen LogP contribution is 2.47. The Bertz CT molecular complexity index is 1180. The number of Topliss-reactive ketones (excluding diaryl/α,β-unsaturated/α-hetero) is 1. The predicted molar refractivity (Wildman–Crippen MR) is 123 cm³/mol. The van der Waals surface area contributed by atoms with Gasteiger partial charge in [0.25, 0.3) is 0 Å². The lowest BCUT2D eigenvalue weighted by Gasteiger charge is -2.36. The van der Waals surface area contributed by atoms with Crippen LogP contribution >= 0.6 is 11.3 Å². The van der Waals surface area contributed by atoms with Crippen molar-refractivity contribution in [3.63, 3.8) is 0 Å². The molecule has 8 heteroatoms. The van der Waals surface area contributed by atoms with Gasteiger partial charge >= 0.3 is 11.9 Å². The van der Waals surface area contributed by atoms with Crippen LogP contribution in [0.25, 0.3) is 0 Å². The smallest absolute Gasteiger partial charge is 0.336 e. The first-order valence-corrected chi connectivity index (χ1v) is 11.4. The molecule has 2 atom stereocenters. The fourth-order valence-corrected chi connectivity index (χ4v) is 5.41. The minimum atomic E-state index is -0.620. The molecule has 0 spiro atoms. The molecule has 0 radical (unpaired) electrons. The maximum absolute atomic E-state index is 13.5. The lowest BCUT2D eigenvalue weighted by molar-refractivity contribution is -0.136. The first-order valence-electron chi connectivity index (χ1n) is 10.6. The molecule has 1 N–H and O–H groups in total. The third-order valence-electron chi connectivity index (χ3n) is 5.95. The van der Waals surface area contributed by atoms with Gasteiger partial charge in [-0.3, -0.25) is 9.59 Å².